The molecular weight excluding hydrogens is 372 g/mol. The van der Waals surface area contributed by atoms with Gasteiger partial charge in [-0.3, -0.25) is 0 Å². The molecule has 3 nitrogen and oxygen atoms in total. The van der Waals surface area contributed by atoms with Crippen LogP contribution in [0.3, 0.4) is 0 Å². The maximum Gasteiger partial charge on any atom is 0.136 e. The second-order valence-electron chi connectivity index (χ2n) is 7.69. The molecule has 0 radical (unpaired) electrons. The Morgan fingerprint density at radius 1 is 0.600 bits per heavy atom. The first-order valence-corrected chi connectivity index (χ1v) is 9.92. The normalized spacial score (nSPS) is 12.4. The number of ether oxygens (including phenoxy) is 1. The Morgan fingerprint density at radius 3 is 2.33 bits per heavy atom. The summed E-state index contributed by atoms with van der Waals surface area (Å²) < 4.78 is 6.29. The second-order valence-corrected chi connectivity index (χ2v) is 7.69. The summed E-state index contributed by atoms with van der Waals surface area (Å²) >= 11 is 0. The minimum atomic E-state index is 0.227. The third-order valence-corrected chi connectivity index (χ3v) is 5.89. The first kappa shape index (κ1) is 16.9. The van der Waals surface area contributed by atoms with Gasteiger partial charge in [-0.1, -0.05) is 54.6 Å². The SMILES string of the molecule is Oc1ccc2c(c1)COc1c-2cc2ccc(O)cc2c1-c1cccc2ccccc12. The highest BCUT2D eigenvalue weighted by atomic mass is 16.5. The highest BCUT2D eigenvalue weighted by molar-refractivity contribution is 6.11. The molecule has 0 fully saturated rings. The molecule has 0 unspecified atom stereocenters. The predicted molar refractivity (Wildman–Crippen MR) is 120 cm³/mol. The van der Waals surface area contributed by atoms with Crippen LogP contribution in [-0.2, 0) is 6.61 Å². The lowest BCUT2D eigenvalue weighted by Crippen LogP contribution is -2.07. The molecule has 30 heavy (non-hydrogen) atoms. The number of phenolic OH excluding ortho intramolecular Hbond substituents is 2. The zero-order chi connectivity index (χ0) is 20.2. The summed E-state index contributed by atoms with van der Waals surface area (Å²) in [5, 5.41) is 24.4. The Balaban J connectivity index is 1.77. The standard InChI is InChI=1S/C27H18O3/c28-19-10-11-22-18(12-19)15-30-27-25(22)13-17-8-9-20(29)14-24(17)26(27)23-7-3-5-16-4-1-2-6-21(16)23/h1-14,28-29H,15H2. The first-order valence-electron chi connectivity index (χ1n) is 9.92. The quantitative estimate of drug-likeness (QED) is 0.338. The highest BCUT2D eigenvalue weighted by Crippen LogP contribution is 2.49. The van der Waals surface area contributed by atoms with Crippen LogP contribution in [0.2, 0.25) is 0 Å². The van der Waals surface area contributed by atoms with Crippen LogP contribution in [0.1, 0.15) is 5.56 Å². The van der Waals surface area contributed by atoms with Crippen LogP contribution in [0, 0.1) is 0 Å². The van der Waals surface area contributed by atoms with E-state index in [0.29, 0.717) is 6.61 Å². The maximum atomic E-state index is 10.2. The van der Waals surface area contributed by atoms with Crippen molar-refractivity contribution in [1.82, 2.24) is 0 Å². The molecule has 0 spiro atoms. The van der Waals surface area contributed by atoms with Crippen LogP contribution in [0.4, 0.5) is 0 Å². The van der Waals surface area contributed by atoms with Crippen molar-refractivity contribution >= 4 is 21.5 Å². The monoisotopic (exact) mass is 390 g/mol. The average Bonchev–Trinajstić information content (AvgIpc) is 2.77. The van der Waals surface area contributed by atoms with Gasteiger partial charge >= 0.3 is 0 Å². The maximum absolute atomic E-state index is 10.2. The van der Waals surface area contributed by atoms with Gasteiger partial charge in [0, 0.05) is 16.7 Å². The van der Waals surface area contributed by atoms with Crippen molar-refractivity contribution in [3.05, 3.63) is 90.5 Å². The summed E-state index contributed by atoms with van der Waals surface area (Å²) in [4.78, 5) is 0. The molecule has 1 aliphatic heterocycles. The first-order chi connectivity index (χ1) is 14.7. The minimum absolute atomic E-state index is 0.227. The van der Waals surface area contributed by atoms with E-state index in [2.05, 4.69) is 36.4 Å². The number of hydrogen-bond donors (Lipinski definition) is 2. The van der Waals surface area contributed by atoms with Crippen LogP contribution in [0.25, 0.3) is 43.8 Å². The molecule has 0 amide bonds. The van der Waals surface area contributed by atoms with Crippen LogP contribution >= 0.6 is 0 Å². The summed E-state index contributed by atoms with van der Waals surface area (Å²) in [7, 11) is 0. The van der Waals surface area contributed by atoms with Crippen molar-refractivity contribution in [1.29, 1.82) is 0 Å². The summed E-state index contributed by atoms with van der Waals surface area (Å²) in [6.45, 7) is 0.388. The van der Waals surface area contributed by atoms with Gasteiger partial charge in [0.1, 0.15) is 23.9 Å². The third-order valence-electron chi connectivity index (χ3n) is 5.89. The van der Waals surface area contributed by atoms with Crippen LogP contribution in [-0.4, -0.2) is 10.2 Å². The van der Waals surface area contributed by atoms with Crippen molar-refractivity contribution in [2.75, 3.05) is 0 Å². The number of aromatic hydroxyl groups is 2. The van der Waals surface area contributed by atoms with Crippen molar-refractivity contribution in [2.45, 2.75) is 6.61 Å². The van der Waals surface area contributed by atoms with Gasteiger partial charge in [0.2, 0.25) is 0 Å². The van der Waals surface area contributed by atoms with Crippen molar-refractivity contribution in [3.63, 3.8) is 0 Å². The van der Waals surface area contributed by atoms with Gasteiger partial charge in [0.15, 0.2) is 0 Å². The summed E-state index contributed by atoms with van der Waals surface area (Å²) in [6, 6.07) is 27.6. The third kappa shape index (κ3) is 2.45. The lowest BCUT2D eigenvalue weighted by molar-refractivity contribution is 0.303. The van der Waals surface area contributed by atoms with Crippen LogP contribution in [0.15, 0.2) is 84.9 Å². The van der Waals surface area contributed by atoms with E-state index in [-0.39, 0.29) is 11.5 Å². The van der Waals surface area contributed by atoms with E-state index in [4.69, 9.17) is 4.74 Å². The molecule has 0 aliphatic carbocycles. The van der Waals surface area contributed by atoms with Crippen LogP contribution in [0.5, 0.6) is 17.2 Å². The van der Waals surface area contributed by atoms with E-state index in [9.17, 15) is 10.2 Å². The molecule has 1 aliphatic rings. The number of benzene rings is 5. The smallest absolute Gasteiger partial charge is 0.136 e. The summed E-state index contributed by atoms with van der Waals surface area (Å²) in [5.74, 6) is 1.27. The molecule has 5 aromatic rings. The van der Waals surface area contributed by atoms with Gasteiger partial charge in [0.25, 0.3) is 0 Å². The van der Waals surface area contributed by atoms with Gasteiger partial charge in [-0.25, -0.2) is 0 Å². The molecular formula is C27H18O3. The predicted octanol–water partition coefficient (Wildman–Crippen LogP) is 6.63. The lowest BCUT2D eigenvalue weighted by atomic mass is 9.87. The molecule has 3 heteroatoms. The van der Waals surface area contributed by atoms with E-state index in [1.165, 1.54) is 0 Å². The van der Waals surface area contributed by atoms with Crippen molar-refractivity contribution in [2.24, 2.45) is 0 Å². The molecule has 6 rings (SSSR count). The zero-order valence-electron chi connectivity index (χ0n) is 16.1. The van der Waals surface area contributed by atoms with Gasteiger partial charge in [-0.15, -0.1) is 0 Å². The van der Waals surface area contributed by atoms with Crippen molar-refractivity contribution < 1.29 is 14.9 Å². The molecule has 2 N–H and O–H groups in total. The number of rotatable bonds is 1. The van der Waals surface area contributed by atoms with E-state index < -0.39 is 0 Å². The molecule has 0 aromatic heterocycles. The molecule has 0 saturated heterocycles. The summed E-state index contributed by atoms with van der Waals surface area (Å²) in [5.41, 5.74) is 5.07. The summed E-state index contributed by atoms with van der Waals surface area (Å²) in [6.07, 6.45) is 0. The molecule has 144 valence electrons. The Kier molecular flexibility index (Phi) is 3.53. The second kappa shape index (κ2) is 6.26. The average molecular weight is 390 g/mol. The zero-order valence-corrected chi connectivity index (χ0v) is 16.1. The van der Waals surface area contributed by atoms with Gasteiger partial charge in [-0.05, 0) is 63.0 Å². The number of phenols is 2. The molecule has 0 saturated carbocycles. The van der Waals surface area contributed by atoms with E-state index in [0.717, 1.165) is 55.1 Å². The highest BCUT2D eigenvalue weighted by Gasteiger charge is 2.24. The lowest BCUT2D eigenvalue weighted by Gasteiger charge is -2.25. The Morgan fingerprint density at radius 2 is 1.40 bits per heavy atom. The molecule has 5 aromatic carbocycles. The van der Waals surface area contributed by atoms with E-state index in [1.54, 1.807) is 18.2 Å². The Hall–Kier alpha value is -3.98. The Labute approximate surface area is 173 Å². The minimum Gasteiger partial charge on any atom is -0.508 e. The largest absolute Gasteiger partial charge is 0.508 e. The van der Waals surface area contributed by atoms with Gasteiger partial charge in [-0.2, -0.15) is 0 Å². The fourth-order valence-electron chi connectivity index (χ4n) is 4.54. The van der Waals surface area contributed by atoms with Gasteiger partial charge < -0.3 is 14.9 Å². The Bertz CT molecular complexity index is 1460. The van der Waals surface area contributed by atoms with Gasteiger partial charge in [0.05, 0.1) is 0 Å². The van der Waals surface area contributed by atoms with E-state index >= 15 is 0 Å². The fourth-order valence-corrected chi connectivity index (χ4v) is 4.54. The molecule has 1 heterocycles. The van der Waals surface area contributed by atoms with E-state index in [1.807, 2.05) is 30.3 Å². The topological polar surface area (TPSA) is 49.7 Å². The number of hydrogen-bond acceptors (Lipinski definition) is 3. The van der Waals surface area contributed by atoms with Crippen LogP contribution < -0.4 is 4.74 Å². The molecule has 0 bridgehead atoms. The number of fused-ring (bicyclic) bond motifs is 5. The fraction of sp³-hybridized carbons (Fsp3) is 0.0370. The molecule has 0 atom stereocenters. The van der Waals surface area contributed by atoms with Crippen molar-refractivity contribution in [3.8, 4) is 39.5 Å².